The minimum absolute atomic E-state index is 0.969. The molecule has 3 aromatic rings. The molecule has 99 valence electrons. The third-order valence-electron chi connectivity index (χ3n) is 3.45. The van der Waals surface area contributed by atoms with Crippen LogP contribution in [0.3, 0.4) is 0 Å². The normalized spacial score (nSPS) is 10.8. The van der Waals surface area contributed by atoms with Gasteiger partial charge in [-0.1, -0.05) is 34.1 Å². The summed E-state index contributed by atoms with van der Waals surface area (Å²) in [4.78, 5) is 0. The summed E-state index contributed by atoms with van der Waals surface area (Å²) in [6.45, 7) is 4.23. The maximum absolute atomic E-state index is 4.44. The molecule has 20 heavy (non-hydrogen) atoms. The fourth-order valence-electron chi connectivity index (χ4n) is 2.27. The highest BCUT2D eigenvalue weighted by atomic mass is 79.9. The van der Waals surface area contributed by atoms with Crippen molar-refractivity contribution in [2.24, 2.45) is 0 Å². The van der Waals surface area contributed by atoms with Gasteiger partial charge in [0.05, 0.1) is 17.6 Å². The minimum atomic E-state index is 0.969. The molecule has 0 aliphatic carbocycles. The molecule has 0 N–H and O–H groups in total. The second-order valence-electron chi connectivity index (χ2n) is 4.76. The van der Waals surface area contributed by atoms with Gasteiger partial charge in [0.1, 0.15) is 0 Å². The SMILES string of the molecule is Cc1cc(Br)[c]c(-c2ccnn2-c2ccccc2)c1C. The van der Waals surface area contributed by atoms with E-state index >= 15 is 0 Å². The van der Waals surface area contributed by atoms with Crippen LogP contribution in [0.5, 0.6) is 0 Å². The Morgan fingerprint density at radius 1 is 1.10 bits per heavy atom. The predicted molar refractivity (Wildman–Crippen MR) is 85.0 cm³/mol. The van der Waals surface area contributed by atoms with Crippen LogP contribution in [0.2, 0.25) is 0 Å². The molecule has 1 radical (unpaired) electrons. The molecule has 0 fully saturated rings. The van der Waals surface area contributed by atoms with Crippen LogP contribution in [0.25, 0.3) is 16.9 Å². The summed E-state index contributed by atoms with van der Waals surface area (Å²) in [6, 6.07) is 17.6. The third-order valence-corrected chi connectivity index (χ3v) is 3.88. The first-order chi connectivity index (χ1) is 9.66. The maximum atomic E-state index is 4.44. The van der Waals surface area contributed by atoms with Gasteiger partial charge in [-0.2, -0.15) is 5.10 Å². The lowest BCUT2D eigenvalue weighted by Gasteiger charge is -2.12. The van der Waals surface area contributed by atoms with Gasteiger partial charge in [0.2, 0.25) is 0 Å². The maximum Gasteiger partial charge on any atom is 0.0750 e. The summed E-state index contributed by atoms with van der Waals surface area (Å²) in [5.41, 5.74) is 5.66. The molecule has 0 atom stereocenters. The Kier molecular flexibility index (Phi) is 3.45. The molecule has 1 heterocycles. The van der Waals surface area contributed by atoms with Crippen LogP contribution in [-0.2, 0) is 0 Å². The summed E-state index contributed by atoms with van der Waals surface area (Å²) in [6.07, 6.45) is 1.83. The summed E-state index contributed by atoms with van der Waals surface area (Å²) in [5, 5.41) is 4.44. The van der Waals surface area contributed by atoms with Crippen molar-refractivity contribution in [2.45, 2.75) is 13.8 Å². The van der Waals surface area contributed by atoms with Gasteiger partial charge in [0.25, 0.3) is 0 Å². The molecule has 2 nitrogen and oxygen atoms in total. The van der Waals surface area contributed by atoms with Gasteiger partial charge in [-0.3, -0.25) is 0 Å². The first-order valence-electron chi connectivity index (χ1n) is 6.45. The van der Waals surface area contributed by atoms with Gasteiger partial charge in [-0.15, -0.1) is 0 Å². The quantitative estimate of drug-likeness (QED) is 0.666. The molecular formula is C17H14BrN2. The smallest absolute Gasteiger partial charge is 0.0750 e. The van der Waals surface area contributed by atoms with Crippen molar-refractivity contribution in [3.63, 3.8) is 0 Å². The molecule has 3 rings (SSSR count). The number of rotatable bonds is 2. The molecule has 0 spiro atoms. The fourth-order valence-corrected chi connectivity index (χ4v) is 2.81. The summed E-state index contributed by atoms with van der Waals surface area (Å²) in [7, 11) is 0. The molecule has 0 aliphatic heterocycles. The average molecular weight is 326 g/mol. The van der Waals surface area contributed by atoms with E-state index in [2.05, 4.69) is 59.1 Å². The van der Waals surface area contributed by atoms with E-state index in [1.807, 2.05) is 35.1 Å². The van der Waals surface area contributed by atoms with E-state index < -0.39 is 0 Å². The first kappa shape index (κ1) is 13.1. The van der Waals surface area contributed by atoms with Crippen LogP contribution in [0.4, 0.5) is 0 Å². The number of hydrogen-bond donors (Lipinski definition) is 0. The number of benzene rings is 2. The van der Waals surface area contributed by atoms with Gasteiger partial charge in [-0.25, -0.2) is 4.68 Å². The van der Waals surface area contributed by atoms with Crippen molar-refractivity contribution in [1.29, 1.82) is 0 Å². The van der Waals surface area contributed by atoms with E-state index in [9.17, 15) is 0 Å². The van der Waals surface area contributed by atoms with Crippen LogP contribution in [0, 0.1) is 19.9 Å². The Balaban J connectivity index is 2.21. The van der Waals surface area contributed by atoms with Gasteiger partial charge >= 0.3 is 0 Å². The Labute approximate surface area is 127 Å². The van der Waals surface area contributed by atoms with Crippen molar-refractivity contribution in [2.75, 3.05) is 0 Å². The van der Waals surface area contributed by atoms with Crippen LogP contribution in [0.1, 0.15) is 11.1 Å². The van der Waals surface area contributed by atoms with Crippen LogP contribution in [0.15, 0.2) is 53.1 Å². The molecule has 0 amide bonds. The van der Waals surface area contributed by atoms with E-state index in [1.165, 1.54) is 11.1 Å². The highest BCUT2D eigenvalue weighted by Crippen LogP contribution is 2.30. The molecule has 3 heteroatoms. The van der Waals surface area contributed by atoms with E-state index in [-0.39, 0.29) is 0 Å². The largest absolute Gasteiger partial charge is 0.233 e. The number of aryl methyl sites for hydroxylation is 1. The molecule has 0 saturated carbocycles. The van der Waals surface area contributed by atoms with E-state index in [1.54, 1.807) is 0 Å². The Morgan fingerprint density at radius 3 is 2.60 bits per heavy atom. The van der Waals surface area contributed by atoms with Crippen molar-refractivity contribution >= 4 is 15.9 Å². The van der Waals surface area contributed by atoms with Crippen LogP contribution >= 0.6 is 15.9 Å². The molecule has 0 aliphatic rings. The predicted octanol–water partition coefficient (Wildman–Crippen LogP) is 4.72. The fraction of sp³-hybridized carbons (Fsp3) is 0.118. The number of halogens is 1. The molecule has 2 aromatic carbocycles. The molecule has 1 aromatic heterocycles. The van der Waals surface area contributed by atoms with Crippen molar-refractivity contribution in [3.05, 3.63) is 70.3 Å². The van der Waals surface area contributed by atoms with E-state index in [0.29, 0.717) is 0 Å². The summed E-state index contributed by atoms with van der Waals surface area (Å²) >= 11 is 3.53. The van der Waals surface area contributed by atoms with Crippen molar-refractivity contribution < 1.29 is 0 Å². The zero-order chi connectivity index (χ0) is 14.1. The summed E-state index contributed by atoms with van der Waals surface area (Å²) in [5.74, 6) is 0. The number of para-hydroxylation sites is 1. The zero-order valence-electron chi connectivity index (χ0n) is 11.4. The van der Waals surface area contributed by atoms with E-state index in [0.717, 1.165) is 21.4 Å². The molecule has 0 unspecified atom stereocenters. The van der Waals surface area contributed by atoms with Crippen LogP contribution < -0.4 is 0 Å². The lowest BCUT2D eigenvalue weighted by atomic mass is 10.0. The Hall–Kier alpha value is -1.87. The monoisotopic (exact) mass is 325 g/mol. The lowest BCUT2D eigenvalue weighted by molar-refractivity contribution is 0.886. The minimum Gasteiger partial charge on any atom is -0.233 e. The number of hydrogen-bond acceptors (Lipinski definition) is 1. The molecule has 0 saturated heterocycles. The number of nitrogens with zero attached hydrogens (tertiary/aromatic N) is 2. The lowest BCUT2D eigenvalue weighted by Crippen LogP contribution is -2.00. The highest BCUT2D eigenvalue weighted by Gasteiger charge is 2.12. The average Bonchev–Trinajstić information content (AvgIpc) is 2.93. The van der Waals surface area contributed by atoms with E-state index in [4.69, 9.17) is 0 Å². The van der Waals surface area contributed by atoms with Crippen molar-refractivity contribution in [1.82, 2.24) is 9.78 Å². The first-order valence-corrected chi connectivity index (χ1v) is 7.25. The van der Waals surface area contributed by atoms with Gasteiger partial charge in [0, 0.05) is 16.1 Å². The van der Waals surface area contributed by atoms with Crippen molar-refractivity contribution in [3.8, 4) is 16.9 Å². The zero-order valence-corrected chi connectivity index (χ0v) is 13.0. The van der Waals surface area contributed by atoms with Gasteiger partial charge in [0.15, 0.2) is 0 Å². The Bertz CT molecular complexity index is 745. The van der Waals surface area contributed by atoms with Gasteiger partial charge in [-0.05, 0) is 49.2 Å². The standard InChI is InChI=1S/C17H14BrN2/c1-12-10-14(18)11-16(13(12)2)17-8-9-19-20(17)15-6-4-3-5-7-15/h3-10H,1-2H3. The molecule has 0 bridgehead atoms. The summed E-state index contributed by atoms with van der Waals surface area (Å²) < 4.78 is 2.92. The topological polar surface area (TPSA) is 17.8 Å². The number of aromatic nitrogens is 2. The molecular weight excluding hydrogens is 312 g/mol. The Morgan fingerprint density at radius 2 is 1.85 bits per heavy atom. The second kappa shape index (κ2) is 5.25. The third kappa shape index (κ3) is 2.29. The second-order valence-corrected chi connectivity index (χ2v) is 5.62. The highest BCUT2D eigenvalue weighted by molar-refractivity contribution is 9.10. The van der Waals surface area contributed by atoms with Gasteiger partial charge < -0.3 is 0 Å². The van der Waals surface area contributed by atoms with Crippen LogP contribution in [-0.4, -0.2) is 9.78 Å².